The van der Waals surface area contributed by atoms with Crippen LogP contribution in [0.4, 0.5) is 0 Å². The molecule has 6 heteroatoms. The molecule has 0 N–H and O–H groups in total. The molecular weight excluding hydrogens is 366 g/mol. The summed E-state index contributed by atoms with van der Waals surface area (Å²) < 4.78 is 12.5. The summed E-state index contributed by atoms with van der Waals surface area (Å²) in [5, 5.41) is 0. The first kappa shape index (κ1) is 17.2. The molecule has 1 amide bonds. The van der Waals surface area contributed by atoms with Crippen molar-refractivity contribution < 1.29 is 14.3 Å². The van der Waals surface area contributed by atoms with Gasteiger partial charge in [-0.25, -0.2) is 0 Å². The van der Waals surface area contributed by atoms with Crippen LogP contribution in [-0.4, -0.2) is 40.5 Å². The highest BCUT2D eigenvalue weighted by Crippen LogP contribution is 2.44. The minimum Gasteiger partial charge on any atom is -0.447 e. The smallest absolute Gasteiger partial charge is 0.296 e. The number of carbonyl (C=O) groups excluding carboxylic acids is 1. The van der Waals surface area contributed by atoms with Crippen molar-refractivity contribution in [3.8, 4) is 0 Å². The monoisotopic (exact) mass is 389 g/mol. The lowest BCUT2D eigenvalue weighted by atomic mass is 9.84. The number of amidine groups is 1. The quantitative estimate of drug-likeness (QED) is 0.693. The minimum absolute atomic E-state index is 0.147. The third kappa shape index (κ3) is 2.48. The zero-order chi connectivity index (χ0) is 19.6. The average molecular weight is 389 g/mol. The maximum Gasteiger partial charge on any atom is 0.296 e. The molecule has 0 unspecified atom stereocenters. The molecule has 1 fully saturated rings. The largest absolute Gasteiger partial charge is 0.447 e. The molecule has 1 saturated heterocycles. The fraction of sp³-hybridized carbons (Fsp3) is 0.435. The predicted octanol–water partition coefficient (Wildman–Crippen LogP) is 2.66. The van der Waals surface area contributed by atoms with Crippen LogP contribution in [0.1, 0.15) is 40.8 Å². The second-order valence-electron chi connectivity index (χ2n) is 8.70. The zero-order valence-electron chi connectivity index (χ0n) is 16.5. The van der Waals surface area contributed by atoms with Crippen molar-refractivity contribution in [2.24, 2.45) is 4.99 Å². The van der Waals surface area contributed by atoms with E-state index in [4.69, 9.17) is 9.47 Å². The second-order valence-corrected chi connectivity index (χ2v) is 8.70. The van der Waals surface area contributed by atoms with Gasteiger partial charge in [0.25, 0.3) is 11.9 Å². The molecule has 4 heterocycles. The third-order valence-corrected chi connectivity index (χ3v) is 6.87. The number of ether oxygens (including phenoxy) is 2. The Hall–Kier alpha value is -2.73. The van der Waals surface area contributed by atoms with E-state index in [9.17, 15) is 4.79 Å². The van der Waals surface area contributed by atoms with Gasteiger partial charge in [-0.3, -0.25) is 9.78 Å². The lowest BCUT2D eigenvalue weighted by Crippen LogP contribution is -2.47. The maximum atomic E-state index is 12.8. The molecule has 3 aliphatic heterocycles. The van der Waals surface area contributed by atoms with Crippen molar-refractivity contribution >= 4 is 11.9 Å². The molecule has 0 saturated carbocycles. The Balaban J connectivity index is 1.19. The van der Waals surface area contributed by atoms with Crippen molar-refractivity contribution in [3.05, 3.63) is 64.5 Å². The number of aliphatic imine (C=N–C) groups is 1. The van der Waals surface area contributed by atoms with E-state index in [2.05, 4.69) is 40.0 Å². The van der Waals surface area contributed by atoms with Gasteiger partial charge in [-0.05, 0) is 42.5 Å². The predicted molar refractivity (Wildman–Crippen MR) is 106 cm³/mol. The van der Waals surface area contributed by atoms with Gasteiger partial charge in [0.2, 0.25) is 5.60 Å². The van der Waals surface area contributed by atoms with E-state index in [0.717, 1.165) is 37.2 Å². The Labute approximate surface area is 169 Å². The Morgan fingerprint density at radius 2 is 1.79 bits per heavy atom. The summed E-state index contributed by atoms with van der Waals surface area (Å²) in [6.07, 6.45) is 4.80. The van der Waals surface area contributed by atoms with Gasteiger partial charge in [-0.1, -0.05) is 24.3 Å². The molecule has 29 heavy (non-hydrogen) atoms. The summed E-state index contributed by atoms with van der Waals surface area (Å²) in [6, 6.07) is 10.9. The Morgan fingerprint density at radius 1 is 1.07 bits per heavy atom. The number of amides is 1. The average Bonchev–Trinajstić information content (AvgIpc) is 3.37. The zero-order valence-corrected chi connectivity index (χ0v) is 16.5. The summed E-state index contributed by atoms with van der Waals surface area (Å²) in [7, 11) is 0. The molecule has 1 aromatic carbocycles. The van der Waals surface area contributed by atoms with Crippen LogP contribution in [0, 0.1) is 6.92 Å². The molecule has 6 rings (SSSR count). The van der Waals surface area contributed by atoms with Crippen LogP contribution >= 0.6 is 0 Å². The summed E-state index contributed by atoms with van der Waals surface area (Å²) in [5.41, 5.74) is 4.71. The summed E-state index contributed by atoms with van der Waals surface area (Å²) in [4.78, 5) is 23.8. The molecule has 0 bridgehead atoms. The van der Waals surface area contributed by atoms with Gasteiger partial charge < -0.3 is 14.4 Å². The van der Waals surface area contributed by atoms with Crippen LogP contribution in [0.2, 0.25) is 0 Å². The highest BCUT2D eigenvalue weighted by Gasteiger charge is 2.53. The molecule has 0 atom stereocenters. The molecule has 4 aliphatic rings. The third-order valence-electron chi connectivity index (χ3n) is 6.87. The standard InChI is InChI=1S/C23H23N3O3/c1-15-10-18-19(24-13-15)14-28-22(18)6-8-26(9-7-22)21-25-20(27)23(29-21)11-16-4-2-3-5-17(16)12-23/h2-5,10,13H,6-9,11-12,14H2,1H3. The fourth-order valence-corrected chi connectivity index (χ4v) is 5.23. The van der Waals surface area contributed by atoms with Crippen molar-refractivity contribution in [1.82, 2.24) is 9.88 Å². The number of aryl methyl sites for hydroxylation is 1. The first-order valence-corrected chi connectivity index (χ1v) is 10.3. The minimum atomic E-state index is -0.842. The van der Waals surface area contributed by atoms with E-state index >= 15 is 0 Å². The van der Waals surface area contributed by atoms with Gasteiger partial charge in [0.1, 0.15) is 0 Å². The molecule has 2 aromatic rings. The van der Waals surface area contributed by atoms with Crippen LogP contribution in [0.25, 0.3) is 0 Å². The highest BCUT2D eigenvalue weighted by molar-refractivity contribution is 6.02. The van der Waals surface area contributed by atoms with Gasteiger partial charge in [0.05, 0.1) is 17.9 Å². The highest BCUT2D eigenvalue weighted by atomic mass is 16.5. The Bertz CT molecular complexity index is 1030. The summed E-state index contributed by atoms with van der Waals surface area (Å²) in [6.45, 7) is 4.15. The topological polar surface area (TPSA) is 64.0 Å². The van der Waals surface area contributed by atoms with Crippen molar-refractivity contribution in [2.75, 3.05) is 13.1 Å². The van der Waals surface area contributed by atoms with Crippen LogP contribution in [0.15, 0.2) is 41.5 Å². The number of carbonyl (C=O) groups is 1. The number of piperidine rings is 1. The SMILES string of the molecule is Cc1cnc2c(c1)C1(CCN(C3=NC(=O)C4(Cc5ccccc5C4)O3)CC1)OC2. The van der Waals surface area contributed by atoms with Gasteiger partial charge >= 0.3 is 0 Å². The number of likely N-dealkylation sites (tertiary alicyclic amines) is 1. The van der Waals surface area contributed by atoms with E-state index in [1.54, 1.807) is 0 Å². The number of nitrogens with zero attached hydrogens (tertiary/aromatic N) is 3. The van der Waals surface area contributed by atoms with Gasteiger partial charge in [-0.2, -0.15) is 4.99 Å². The Morgan fingerprint density at radius 3 is 2.52 bits per heavy atom. The van der Waals surface area contributed by atoms with Gasteiger partial charge in [0, 0.05) is 37.7 Å². The van der Waals surface area contributed by atoms with Crippen molar-refractivity contribution in [1.29, 1.82) is 0 Å². The van der Waals surface area contributed by atoms with E-state index in [1.165, 1.54) is 16.7 Å². The summed E-state index contributed by atoms with van der Waals surface area (Å²) in [5.74, 6) is -0.147. The maximum absolute atomic E-state index is 12.8. The second kappa shape index (κ2) is 5.89. The molecule has 1 aromatic heterocycles. The van der Waals surface area contributed by atoms with Crippen molar-refractivity contribution in [2.45, 2.75) is 50.4 Å². The number of rotatable bonds is 0. The van der Waals surface area contributed by atoms with Crippen molar-refractivity contribution in [3.63, 3.8) is 0 Å². The van der Waals surface area contributed by atoms with Crippen LogP contribution in [0.5, 0.6) is 0 Å². The molecular formula is C23H23N3O3. The first-order valence-electron chi connectivity index (χ1n) is 10.3. The molecule has 6 nitrogen and oxygen atoms in total. The molecule has 0 radical (unpaired) electrons. The molecule has 148 valence electrons. The van der Waals surface area contributed by atoms with E-state index in [1.807, 2.05) is 18.3 Å². The van der Waals surface area contributed by atoms with Crippen LogP contribution in [-0.2, 0) is 39.3 Å². The number of pyridine rings is 1. The van der Waals surface area contributed by atoms with E-state index in [0.29, 0.717) is 25.5 Å². The fourth-order valence-electron chi connectivity index (χ4n) is 5.23. The number of fused-ring (bicyclic) bond motifs is 3. The number of benzene rings is 1. The number of hydrogen-bond acceptors (Lipinski definition) is 5. The van der Waals surface area contributed by atoms with Crippen LogP contribution in [0.3, 0.4) is 0 Å². The number of aromatic nitrogens is 1. The van der Waals surface area contributed by atoms with E-state index < -0.39 is 5.60 Å². The normalized spacial score (nSPS) is 23.3. The lowest BCUT2D eigenvalue weighted by molar-refractivity contribution is -0.130. The lowest BCUT2D eigenvalue weighted by Gasteiger charge is -2.39. The summed E-state index contributed by atoms with van der Waals surface area (Å²) >= 11 is 0. The van der Waals surface area contributed by atoms with Gasteiger partial charge in [0.15, 0.2) is 0 Å². The van der Waals surface area contributed by atoms with E-state index in [-0.39, 0.29) is 11.5 Å². The Kier molecular flexibility index (Phi) is 3.48. The van der Waals surface area contributed by atoms with Gasteiger partial charge in [-0.15, -0.1) is 0 Å². The first-order chi connectivity index (χ1) is 14.1. The van der Waals surface area contributed by atoms with Crippen LogP contribution < -0.4 is 0 Å². The molecule has 2 spiro atoms. The number of hydrogen-bond donors (Lipinski definition) is 0. The molecule has 1 aliphatic carbocycles.